The van der Waals surface area contributed by atoms with Crippen LogP contribution in [-0.4, -0.2) is 77.0 Å². The van der Waals surface area contributed by atoms with Gasteiger partial charge < -0.3 is 38.6 Å². The third kappa shape index (κ3) is 6.97. The molecule has 2 amide bonds. The number of esters is 1. The van der Waals surface area contributed by atoms with Crippen molar-refractivity contribution >= 4 is 17.8 Å². The van der Waals surface area contributed by atoms with E-state index in [0.29, 0.717) is 41.7 Å². The molecule has 1 aliphatic carbocycles. The number of likely N-dealkylation sites (tertiary alicyclic amines) is 1. The molecule has 1 saturated heterocycles. The number of carbonyl (C=O) groups is 3. The van der Waals surface area contributed by atoms with Crippen molar-refractivity contribution in [3.05, 3.63) is 59.3 Å². The van der Waals surface area contributed by atoms with Crippen molar-refractivity contribution in [2.75, 3.05) is 42.1 Å². The molecule has 4 atom stereocenters. The maximum Gasteiger partial charge on any atom is 0.320 e. The lowest BCUT2D eigenvalue weighted by Crippen LogP contribution is -2.62. The summed E-state index contributed by atoms with van der Waals surface area (Å²) in [5, 5.41) is 2.95. The summed E-state index contributed by atoms with van der Waals surface area (Å²) in [4.78, 5) is 43.7. The fourth-order valence-corrected chi connectivity index (χ4v) is 7.04. The number of carbonyl (C=O) groups excluding carboxylic acids is 3. The summed E-state index contributed by atoms with van der Waals surface area (Å²) in [6.45, 7) is 4.67. The Morgan fingerprint density at radius 3 is 2.08 bits per heavy atom. The van der Waals surface area contributed by atoms with Crippen LogP contribution in [0.5, 0.6) is 23.0 Å². The predicted octanol–water partition coefficient (Wildman–Crippen LogP) is 4.70. The second-order valence-electron chi connectivity index (χ2n) is 13.1. The summed E-state index contributed by atoms with van der Waals surface area (Å²) in [5.74, 6) is 0.933. The Balaban J connectivity index is 1.46. The van der Waals surface area contributed by atoms with E-state index in [2.05, 4.69) is 19.2 Å². The van der Waals surface area contributed by atoms with Crippen molar-refractivity contribution in [3.63, 3.8) is 0 Å². The van der Waals surface area contributed by atoms with Crippen molar-refractivity contribution in [2.45, 2.75) is 64.7 Å². The molecule has 2 aliphatic heterocycles. The van der Waals surface area contributed by atoms with Crippen molar-refractivity contribution in [1.29, 1.82) is 0 Å². The average Bonchev–Trinajstić information content (AvgIpc) is 3.95. The quantitative estimate of drug-likeness (QED) is 0.287. The number of nitrogens with zero attached hydrogens (tertiary/aromatic N) is 1. The second kappa shape index (κ2) is 14.9. The third-order valence-corrected chi connectivity index (χ3v) is 9.74. The Morgan fingerprint density at radius 2 is 1.52 bits per heavy atom. The molecule has 11 nitrogen and oxygen atoms in total. The molecule has 260 valence electrons. The fraction of sp³-hybridized carbons (Fsp3) is 0.541. The molecule has 0 bridgehead atoms. The molecule has 0 spiro atoms. The average molecular weight is 665 g/mol. The van der Waals surface area contributed by atoms with E-state index in [1.54, 1.807) is 45.5 Å². The molecule has 2 heterocycles. The highest BCUT2D eigenvalue weighted by Crippen LogP contribution is 2.56. The van der Waals surface area contributed by atoms with E-state index in [9.17, 15) is 14.4 Å². The van der Waals surface area contributed by atoms with Crippen molar-refractivity contribution in [2.24, 2.45) is 23.2 Å². The zero-order valence-corrected chi connectivity index (χ0v) is 29.0. The number of piperidine rings is 1. The molecule has 2 aromatic rings. The first-order valence-electron chi connectivity index (χ1n) is 16.6. The summed E-state index contributed by atoms with van der Waals surface area (Å²) >= 11 is 0. The first-order chi connectivity index (χ1) is 23.1. The standard InChI is InChI=1S/C37H48N2O9/c1-22(2)29-19-32-37(36(42)47-7,34(48-29)25-10-11-25)20-26(18-33(40)38-21-24-9-13-28(44-4)31(17-24)46-6)35(41)39(32)15-14-23-8-12-27(43-3)30(16-23)45-5/h8-9,12-13,16-17,19,22,25-26,29,34H,10-11,14-15,18,20-21H2,1-7H3,(H,38,40)/t26-,29+,34+,37+/m0/s1. The van der Waals surface area contributed by atoms with Gasteiger partial charge >= 0.3 is 5.97 Å². The molecule has 1 N–H and O–H groups in total. The van der Waals surface area contributed by atoms with Gasteiger partial charge in [0.2, 0.25) is 11.8 Å². The van der Waals surface area contributed by atoms with Gasteiger partial charge in [0, 0.05) is 31.1 Å². The first-order valence-corrected chi connectivity index (χ1v) is 16.6. The van der Waals surface area contributed by atoms with Gasteiger partial charge in [0.25, 0.3) is 0 Å². The second-order valence-corrected chi connectivity index (χ2v) is 13.1. The molecule has 0 radical (unpaired) electrons. The summed E-state index contributed by atoms with van der Waals surface area (Å²) in [5.41, 5.74) is 1.16. The van der Waals surface area contributed by atoms with Crippen molar-refractivity contribution in [3.8, 4) is 23.0 Å². The Morgan fingerprint density at radius 1 is 0.917 bits per heavy atom. The first kappa shape index (κ1) is 35.1. The maximum absolute atomic E-state index is 14.4. The van der Waals surface area contributed by atoms with Crippen LogP contribution >= 0.6 is 0 Å². The fourth-order valence-electron chi connectivity index (χ4n) is 7.04. The van der Waals surface area contributed by atoms with E-state index in [1.807, 2.05) is 30.3 Å². The Hall–Kier alpha value is -4.25. The highest BCUT2D eigenvalue weighted by molar-refractivity contribution is 5.93. The Kier molecular flexibility index (Phi) is 10.9. The third-order valence-electron chi connectivity index (χ3n) is 9.74. The Bertz CT molecular complexity index is 1530. The molecule has 11 heteroatoms. The molecular weight excluding hydrogens is 616 g/mol. The van der Waals surface area contributed by atoms with Crippen LogP contribution in [0.3, 0.4) is 0 Å². The molecule has 0 unspecified atom stereocenters. The van der Waals surface area contributed by atoms with E-state index in [1.165, 1.54) is 7.11 Å². The SMILES string of the molecule is COC(=O)[C@]12C[C@H](CC(=O)NCc3ccc(OC)c(OC)c3)C(=O)N(CCc3ccc(OC)c(OC)c3)C1=C[C@H](C(C)C)O[C@@H]2C1CC1. The van der Waals surface area contributed by atoms with Gasteiger partial charge in [-0.15, -0.1) is 0 Å². The molecule has 1 saturated carbocycles. The van der Waals surface area contributed by atoms with Gasteiger partial charge in [-0.2, -0.15) is 0 Å². The maximum atomic E-state index is 14.4. The largest absolute Gasteiger partial charge is 0.493 e. The van der Waals surface area contributed by atoms with E-state index < -0.39 is 23.4 Å². The van der Waals surface area contributed by atoms with Crippen LogP contribution in [0.1, 0.15) is 50.7 Å². The van der Waals surface area contributed by atoms with Crippen LogP contribution in [0.25, 0.3) is 0 Å². The smallest absolute Gasteiger partial charge is 0.320 e. The summed E-state index contributed by atoms with van der Waals surface area (Å²) in [7, 11) is 7.66. The zero-order valence-electron chi connectivity index (χ0n) is 29.0. The van der Waals surface area contributed by atoms with Crippen molar-refractivity contribution < 1.29 is 42.8 Å². The normalized spacial score (nSPS) is 23.6. The lowest BCUT2D eigenvalue weighted by Gasteiger charge is -2.53. The molecule has 2 fully saturated rings. The molecular formula is C37H48N2O9. The molecule has 0 aromatic heterocycles. The number of fused-ring (bicyclic) bond motifs is 1. The number of methoxy groups -OCH3 is 5. The molecule has 3 aliphatic rings. The van der Waals surface area contributed by atoms with Crippen LogP contribution in [0, 0.1) is 23.2 Å². The topological polar surface area (TPSA) is 122 Å². The van der Waals surface area contributed by atoms with Crippen LogP contribution in [0.15, 0.2) is 48.2 Å². The number of amides is 2. The molecule has 48 heavy (non-hydrogen) atoms. The zero-order chi connectivity index (χ0) is 34.6. The lowest BCUT2D eigenvalue weighted by atomic mass is 9.64. The van der Waals surface area contributed by atoms with Gasteiger partial charge in [-0.3, -0.25) is 14.4 Å². The minimum atomic E-state index is -1.22. The molecule has 2 aromatic carbocycles. The Labute approximate surface area is 282 Å². The summed E-state index contributed by atoms with van der Waals surface area (Å²) in [6.07, 6.45) is 3.59. The van der Waals surface area contributed by atoms with Crippen LogP contribution in [0.4, 0.5) is 0 Å². The lowest BCUT2D eigenvalue weighted by molar-refractivity contribution is -0.182. The predicted molar refractivity (Wildman–Crippen MR) is 178 cm³/mol. The minimum absolute atomic E-state index is 0.0873. The van der Waals surface area contributed by atoms with E-state index in [0.717, 1.165) is 24.0 Å². The van der Waals surface area contributed by atoms with Crippen LogP contribution < -0.4 is 24.3 Å². The summed E-state index contributed by atoms with van der Waals surface area (Å²) in [6, 6.07) is 11.1. The van der Waals surface area contributed by atoms with Gasteiger partial charge in [0.15, 0.2) is 23.0 Å². The van der Waals surface area contributed by atoms with E-state index >= 15 is 0 Å². The van der Waals surface area contributed by atoms with Gasteiger partial charge in [-0.25, -0.2) is 0 Å². The monoisotopic (exact) mass is 664 g/mol. The summed E-state index contributed by atoms with van der Waals surface area (Å²) < 4.78 is 33.8. The minimum Gasteiger partial charge on any atom is -0.493 e. The molecule has 5 rings (SSSR count). The number of rotatable bonds is 14. The number of ether oxygens (including phenoxy) is 6. The van der Waals surface area contributed by atoms with Gasteiger partial charge in [-0.05, 0) is 79.0 Å². The number of hydrogen-bond donors (Lipinski definition) is 1. The van der Waals surface area contributed by atoms with Gasteiger partial charge in [0.05, 0.1) is 47.8 Å². The van der Waals surface area contributed by atoms with Crippen LogP contribution in [-0.2, 0) is 36.8 Å². The van der Waals surface area contributed by atoms with Crippen LogP contribution in [0.2, 0.25) is 0 Å². The van der Waals surface area contributed by atoms with E-state index in [4.69, 9.17) is 28.4 Å². The number of benzene rings is 2. The van der Waals surface area contributed by atoms with E-state index in [-0.39, 0.29) is 49.1 Å². The van der Waals surface area contributed by atoms with Gasteiger partial charge in [-0.1, -0.05) is 26.0 Å². The van der Waals surface area contributed by atoms with Gasteiger partial charge in [0.1, 0.15) is 5.41 Å². The number of nitrogens with one attached hydrogen (secondary N) is 1. The highest BCUT2D eigenvalue weighted by Gasteiger charge is 2.63. The number of hydrogen-bond acceptors (Lipinski definition) is 9. The highest BCUT2D eigenvalue weighted by atomic mass is 16.5. The van der Waals surface area contributed by atoms with Crippen molar-refractivity contribution in [1.82, 2.24) is 10.2 Å².